The van der Waals surface area contributed by atoms with Crippen LogP contribution in [0.4, 0.5) is 8.78 Å². The van der Waals surface area contributed by atoms with Crippen molar-refractivity contribution in [3.8, 4) is 5.69 Å². The Balaban J connectivity index is 2.88. The lowest BCUT2D eigenvalue weighted by Gasteiger charge is -2.07. The average Bonchev–Trinajstić information content (AvgIpc) is 2.31. The van der Waals surface area contributed by atoms with Gasteiger partial charge in [-0.15, -0.1) is 0 Å². The molecule has 0 saturated heterocycles. The van der Waals surface area contributed by atoms with Crippen LogP contribution in [0.1, 0.15) is 5.56 Å². The molecule has 0 bridgehead atoms. The zero-order valence-corrected chi connectivity index (χ0v) is 9.89. The number of benzene rings is 1. The molecule has 0 aliphatic rings. The summed E-state index contributed by atoms with van der Waals surface area (Å²) in [7, 11) is 0. The Kier molecular flexibility index (Phi) is 3.04. The molecule has 0 fully saturated rings. The molecule has 7 heteroatoms. The third kappa shape index (κ3) is 1.95. The fourth-order valence-electron chi connectivity index (χ4n) is 1.47. The minimum atomic E-state index is -0.930. The number of rotatable bonds is 1. The molecule has 0 atom stereocenters. The summed E-state index contributed by atoms with van der Waals surface area (Å²) in [5.74, 6) is -1.64. The zero-order chi connectivity index (χ0) is 13.4. The van der Waals surface area contributed by atoms with Gasteiger partial charge in [0.15, 0.2) is 0 Å². The van der Waals surface area contributed by atoms with Crippen molar-refractivity contribution in [3.63, 3.8) is 0 Å². The van der Waals surface area contributed by atoms with Crippen LogP contribution >= 0.6 is 11.6 Å². The molecule has 1 N–H and O–H groups in total. The third-order valence-electron chi connectivity index (χ3n) is 2.42. The van der Waals surface area contributed by atoms with Crippen LogP contribution in [0.2, 0.25) is 5.15 Å². The Labute approximate surface area is 104 Å². The van der Waals surface area contributed by atoms with E-state index in [1.165, 1.54) is 6.92 Å². The minimum Gasteiger partial charge on any atom is -0.297 e. The van der Waals surface area contributed by atoms with Gasteiger partial charge in [0, 0.05) is 6.07 Å². The molecule has 4 nitrogen and oxygen atoms in total. The summed E-state index contributed by atoms with van der Waals surface area (Å²) < 4.78 is 27.1. The molecule has 0 radical (unpaired) electrons. The van der Waals surface area contributed by atoms with Crippen LogP contribution in [0.5, 0.6) is 0 Å². The monoisotopic (exact) mass is 272 g/mol. The van der Waals surface area contributed by atoms with Gasteiger partial charge in [-0.25, -0.2) is 18.1 Å². The lowest BCUT2D eigenvalue weighted by molar-refractivity contribution is 0.587. The first-order valence-corrected chi connectivity index (χ1v) is 5.26. The van der Waals surface area contributed by atoms with E-state index >= 15 is 0 Å². The number of hydrogen-bond donors (Lipinski definition) is 1. The SMILES string of the molecule is Cc1c(Cl)[nH]c(=O)n(-c2cc(F)ccc2F)c1=O. The van der Waals surface area contributed by atoms with E-state index < -0.39 is 28.6 Å². The summed E-state index contributed by atoms with van der Waals surface area (Å²) in [5, 5.41) is -0.127. The first-order valence-electron chi connectivity index (χ1n) is 4.88. The maximum absolute atomic E-state index is 13.5. The van der Waals surface area contributed by atoms with Crippen molar-refractivity contribution in [1.82, 2.24) is 9.55 Å². The molecular weight excluding hydrogens is 266 g/mol. The first-order chi connectivity index (χ1) is 8.41. The van der Waals surface area contributed by atoms with Crippen LogP contribution in [0.3, 0.4) is 0 Å². The Morgan fingerprint density at radius 1 is 1.28 bits per heavy atom. The van der Waals surface area contributed by atoms with Crippen molar-refractivity contribution >= 4 is 11.6 Å². The number of nitrogens with one attached hydrogen (secondary N) is 1. The zero-order valence-electron chi connectivity index (χ0n) is 9.13. The lowest BCUT2D eigenvalue weighted by atomic mass is 10.3. The molecule has 18 heavy (non-hydrogen) atoms. The summed E-state index contributed by atoms with van der Waals surface area (Å²) in [6, 6.07) is 2.49. The number of aromatic amines is 1. The van der Waals surface area contributed by atoms with Gasteiger partial charge in [-0.2, -0.15) is 0 Å². The number of H-pyrrole nitrogens is 1. The second kappa shape index (κ2) is 4.38. The van der Waals surface area contributed by atoms with E-state index in [0.717, 1.165) is 18.2 Å². The summed E-state index contributed by atoms with van der Waals surface area (Å²) >= 11 is 5.61. The van der Waals surface area contributed by atoms with Crippen LogP contribution in [0, 0.1) is 18.6 Å². The van der Waals surface area contributed by atoms with Gasteiger partial charge in [0.2, 0.25) is 0 Å². The van der Waals surface area contributed by atoms with Crippen molar-refractivity contribution in [2.45, 2.75) is 6.92 Å². The van der Waals surface area contributed by atoms with E-state index in [4.69, 9.17) is 11.6 Å². The molecule has 0 saturated carbocycles. The molecule has 1 aromatic carbocycles. The van der Waals surface area contributed by atoms with Crippen LogP contribution in [-0.4, -0.2) is 9.55 Å². The van der Waals surface area contributed by atoms with Crippen LogP contribution < -0.4 is 11.2 Å². The van der Waals surface area contributed by atoms with E-state index in [0.29, 0.717) is 4.57 Å². The smallest absolute Gasteiger partial charge is 0.297 e. The molecule has 1 aromatic heterocycles. The van der Waals surface area contributed by atoms with Gasteiger partial charge in [-0.3, -0.25) is 9.78 Å². The highest BCUT2D eigenvalue weighted by molar-refractivity contribution is 6.30. The van der Waals surface area contributed by atoms with E-state index in [9.17, 15) is 18.4 Å². The standard InChI is InChI=1S/C11H7ClF2N2O2/c1-5-9(12)15-11(18)16(10(5)17)8-4-6(13)2-3-7(8)14/h2-4H,1H3,(H,15,18). The third-order valence-corrected chi connectivity index (χ3v) is 2.80. The quantitative estimate of drug-likeness (QED) is 0.805. The van der Waals surface area contributed by atoms with Crippen LogP contribution in [0.25, 0.3) is 5.69 Å². The van der Waals surface area contributed by atoms with Crippen molar-refractivity contribution in [2.24, 2.45) is 0 Å². The van der Waals surface area contributed by atoms with Crippen molar-refractivity contribution in [3.05, 3.63) is 61.4 Å². The van der Waals surface area contributed by atoms with E-state index in [1.54, 1.807) is 0 Å². The molecule has 94 valence electrons. The Bertz CT molecular complexity index is 737. The molecule has 0 aliphatic carbocycles. The molecule has 2 aromatic rings. The summed E-state index contributed by atoms with van der Waals surface area (Å²) in [6.45, 7) is 1.37. The van der Waals surface area contributed by atoms with Gasteiger partial charge >= 0.3 is 5.69 Å². The second-order valence-corrected chi connectivity index (χ2v) is 3.98. The first kappa shape index (κ1) is 12.5. The van der Waals surface area contributed by atoms with Crippen LogP contribution in [0.15, 0.2) is 27.8 Å². The fourth-order valence-corrected chi connectivity index (χ4v) is 1.63. The highest BCUT2D eigenvalue weighted by atomic mass is 35.5. The van der Waals surface area contributed by atoms with Gasteiger partial charge in [-0.1, -0.05) is 11.6 Å². The number of hydrogen-bond acceptors (Lipinski definition) is 2. The van der Waals surface area contributed by atoms with Gasteiger partial charge in [0.05, 0.1) is 11.3 Å². The summed E-state index contributed by atoms with van der Waals surface area (Å²) in [5.41, 5.74) is -2.14. The highest BCUT2D eigenvalue weighted by Crippen LogP contribution is 2.12. The van der Waals surface area contributed by atoms with Crippen molar-refractivity contribution in [1.29, 1.82) is 0 Å². The van der Waals surface area contributed by atoms with Gasteiger partial charge in [0.25, 0.3) is 5.56 Å². The Morgan fingerprint density at radius 3 is 2.61 bits per heavy atom. The lowest BCUT2D eigenvalue weighted by Crippen LogP contribution is -2.35. The van der Waals surface area contributed by atoms with Gasteiger partial charge < -0.3 is 0 Å². The molecule has 1 heterocycles. The predicted molar refractivity (Wildman–Crippen MR) is 62.3 cm³/mol. The van der Waals surface area contributed by atoms with Crippen molar-refractivity contribution < 1.29 is 8.78 Å². The largest absolute Gasteiger partial charge is 0.334 e. The topological polar surface area (TPSA) is 54.9 Å². The molecular formula is C11H7ClF2N2O2. The normalized spacial score (nSPS) is 10.7. The molecule has 0 aliphatic heterocycles. The minimum absolute atomic E-state index is 0.0416. The maximum atomic E-state index is 13.5. The number of aromatic nitrogens is 2. The van der Waals surface area contributed by atoms with Crippen LogP contribution in [-0.2, 0) is 0 Å². The molecule has 2 rings (SSSR count). The van der Waals surface area contributed by atoms with E-state index in [-0.39, 0.29) is 10.7 Å². The Morgan fingerprint density at radius 2 is 1.94 bits per heavy atom. The average molecular weight is 273 g/mol. The second-order valence-electron chi connectivity index (χ2n) is 3.61. The molecule has 0 unspecified atom stereocenters. The summed E-state index contributed by atoms with van der Waals surface area (Å²) in [4.78, 5) is 25.6. The molecule has 0 spiro atoms. The van der Waals surface area contributed by atoms with Crippen molar-refractivity contribution in [2.75, 3.05) is 0 Å². The number of halogens is 3. The highest BCUT2D eigenvalue weighted by Gasteiger charge is 2.14. The van der Waals surface area contributed by atoms with E-state index in [2.05, 4.69) is 4.98 Å². The van der Waals surface area contributed by atoms with Gasteiger partial charge in [-0.05, 0) is 19.1 Å². The van der Waals surface area contributed by atoms with Gasteiger partial charge in [0.1, 0.15) is 16.8 Å². The number of nitrogens with zero attached hydrogens (tertiary/aromatic N) is 1. The predicted octanol–water partition coefficient (Wildman–Crippen LogP) is 1.77. The maximum Gasteiger partial charge on any atom is 0.334 e. The molecule has 0 amide bonds. The fraction of sp³-hybridized carbons (Fsp3) is 0.0909. The van der Waals surface area contributed by atoms with E-state index in [1.807, 2.05) is 0 Å². The summed E-state index contributed by atoms with van der Waals surface area (Å²) in [6.07, 6.45) is 0. The Hall–Kier alpha value is -1.95.